The van der Waals surface area contributed by atoms with E-state index in [1.807, 2.05) is 0 Å². The molecule has 0 aromatic rings. The van der Waals surface area contributed by atoms with Crippen molar-refractivity contribution in [3.8, 4) is 0 Å². The summed E-state index contributed by atoms with van der Waals surface area (Å²) < 4.78 is 0. The fraction of sp³-hybridized carbons (Fsp3) is 1.00. The Morgan fingerprint density at radius 2 is 1.95 bits per heavy atom. The van der Waals surface area contributed by atoms with Gasteiger partial charge >= 0.3 is 0 Å². The summed E-state index contributed by atoms with van der Waals surface area (Å²) in [5.74, 6) is 1.71. The summed E-state index contributed by atoms with van der Waals surface area (Å²) in [4.78, 5) is 2.78. The standard InChI is InChI=1S/C18H36N2/c1-6-19-17-9-10-18(4,5)12-16(17)13-20-11-7-8-14(2)15(20)3/h14-17,19H,6-13H2,1-5H3. The molecule has 0 spiro atoms. The number of piperidine rings is 1. The molecule has 1 aliphatic carbocycles. The molecule has 0 radical (unpaired) electrons. The number of rotatable bonds is 4. The average Bonchev–Trinajstić information content (AvgIpc) is 2.38. The lowest BCUT2D eigenvalue weighted by atomic mass is 9.69. The molecular weight excluding hydrogens is 244 g/mol. The second-order valence-electron chi connectivity index (χ2n) is 8.19. The minimum Gasteiger partial charge on any atom is -0.314 e. The molecule has 0 aromatic heterocycles. The fourth-order valence-electron chi connectivity index (χ4n) is 4.44. The predicted octanol–water partition coefficient (Wildman–Crippen LogP) is 3.91. The van der Waals surface area contributed by atoms with E-state index < -0.39 is 0 Å². The first kappa shape index (κ1) is 16.3. The lowest BCUT2D eigenvalue weighted by Gasteiger charge is -2.46. The number of nitrogens with one attached hydrogen (secondary N) is 1. The van der Waals surface area contributed by atoms with Crippen LogP contribution in [-0.4, -0.2) is 36.6 Å². The SMILES string of the molecule is CCNC1CCC(C)(C)CC1CN1CCCC(C)C1C. The zero-order valence-corrected chi connectivity index (χ0v) is 14.4. The van der Waals surface area contributed by atoms with E-state index in [1.54, 1.807) is 0 Å². The molecule has 1 N–H and O–H groups in total. The zero-order chi connectivity index (χ0) is 14.8. The molecule has 0 bridgehead atoms. The van der Waals surface area contributed by atoms with E-state index in [1.165, 1.54) is 45.2 Å². The molecule has 1 saturated heterocycles. The van der Waals surface area contributed by atoms with Gasteiger partial charge in [0.2, 0.25) is 0 Å². The lowest BCUT2D eigenvalue weighted by molar-refractivity contribution is 0.0518. The average molecular weight is 280 g/mol. The third kappa shape index (κ3) is 3.98. The summed E-state index contributed by atoms with van der Waals surface area (Å²) >= 11 is 0. The largest absolute Gasteiger partial charge is 0.314 e. The predicted molar refractivity (Wildman–Crippen MR) is 88.0 cm³/mol. The van der Waals surface area contributed by atoms with Crippen LogP contribution in [-0.2, 0) is 0 Å². The molecule has 1 heterocycles. The van der Waals surface area contributed by atoms with Crippen LogP contribution in [0.1, 0.15) is 66.7 Å². The van der Waals surface area contributed by atoms with Gasteiger partial charge in [-0.3, -0.25) is 0 Å². The van der Waals surface area contributed by atoms with Crippen molar-refractivity contribution in [2.45, 2.75) is 78.8 Å². The maximum Gasteiger partial charge on any atom is 0.0108 e. The molecule has 2 aliphatic rings. The highest BCUT2D eigenvalue weighted by molar-refractivity contribution is 4.91. The van der Waals surface area contributed by atoms with Crippen molar-refractivity contribution in [2.24, 2.45) is 17.3 Å². The highest BCUT2D eigenvalue weighted by atomic mass is 15.2. The molecule has 1 aliphatic heterocycles. The Balaban J connectivity index is 1.99. The summed E-state index contributed by atoms with van der Waals surface area (Å²) in [5.41, 5.74) is 0.543. The number of hydrogen-bond donors (Lipinski definition) is 1. The summed E-state index contributed by atoms with van der Waals surface area (Å²) in [6.45, 7) is 15.8. The van der Waals surface area contributed by atoms with Crippen LogP contribution in [0.15, 0.2) is 0 Å². The van der Waals surface area contributed by atoms with Crippen LogP contribution in [0.4, 0.5) is 0 Å². The van der Waals surface area contributed by atoms with Crippen LogP contribution in [0.3, 0.4) is 0 Å². The fourth-order valence-corrected chi connectivity index (χ4v) is 4.44. The van der Waals surface area contributed by atoms with E-state index in [-0.39, 0.29) is 0 Å². The first-order valence-corrected chi connectivity index (χ1v) is 8.90. The van der Waals surface area contributed by atoms with Gasteiger partial charge < -0.3 is 10.2 Å². The van der Waals surface area contributed by atoms with Crippen LogP contribution >= 0.6 is 0 Å². The van der Waals surface area contributed by atoms with Crippen molar-refractivity contribution in [3.05, 3.63) is 0 Å². The summed E-state index contributed by atoms with van der Waals surface area (Å²) in [6, 6.07) is 1.52. The van der Waals surface area contributed by atoms with Gasteiger partial charge in [0.1, 0.15) is 0 Å². The Morgan fingerprint density at radius 3 is 2.65 bits per heavy atom. The number of likely N-dealkylation sites (tertiary alicyclic amines) is 1. The van der Waals surface area contributed by atoms with E-state index in [9.17, 15) is 0 Å². The smallest absolute Gasteiger partial charge is 0.0108 e. The Kier molecular flexibility index (Phi) is 5.53. The minimum atomic E-state index is 0.543. The summed E-state index contributed by atoms with van der Waals surface area (Å²) in [6.07, 6.45) is 6.95. The van der Waals surface area contributed by atoms with E-state index in [0.717, 1.165) is 30.5 Å². The Hall–Kier alpha value is -0.0800. The van der Waals surface area contributed by atoms with Crippen LogP contribution in [0, 0.1) is 17.3 Å². The van der Waals surface area contributed by atoms with Gasteiger partial charge in [-0.1, -0.05) is 27.7 Å². The van der Waals surface area contributed by atoms with Crippen molar-refractivity contribution >= 4 is 0 Å². The number of hydrogen-bond acceptors (Lipinski definition) is 2. The topological polar surface area (TPSA) is 15.3 Å². The van der Waals surface area contributed by atoms with Gasteiger partial charge in [-0.2, -0.15) is 0 Å². The first-order chi connectivity index (χ1) is 9.43. The van der Waals surface area contributed by atoms with Crippen molar-refractivity contribution in [1.29, 1.82) is 0 Å². The van der Waals surface area contributed by atoms with Crippen LogP contribution in [0.25, 0.3) is 0 Å². The molecule has 2 rings (SSSR count). The maximum absolute atomic E-state index is 3.76. The van der Waals surface area contributed by atoms with Crippen LogP contribution in [0.5, 0.6) is 0 Å². The first-order valence-electron chi connectivity index (χ1n) is 8.90. The Bertz CT molecular complexity index is 300. The third-order valence-electron chi connectivity index (χ3n) is 5.96. The van der Waals surface area contributed by atoms with Crippen molar-refractivity contribution < 1.29 is 0 Å². The van der Waals surface area contributed by atoms with E-state index in [4.69, 9.17) is 0 Å². The Labute approximate surface area is 126 Å². The molecule has 2 nitrogen and oxygen atoms in total. The zero-order valence-electron chi connectivity index (χ0n) is 14.4. The Morgan fingerprint density at radius 1 is 1.20 bits per heavy atom. The van der Waals surface area contributed by atoms with Crippen LogP contribution < -0.4 is 5.32 Å². The molecule has 1 saturated carbocycles. The van der Waals surface area contributed by atoms with E-state index >= 15 is 0 Å². The second kappa shape index (κ2) is 6.79. The third-order valence-corrected chi connectivity index (χ3v) is 5.96. The number of nitrogens with zero attached hydrogens (tertiary/aromatic N) is 1. The molecule has 0 aromatic carbocycles. The maximum atomic E-state index is 3.76. The molecule has 118 valence electrons. The molecule has 4 atom stereocenters. The van der Waals surface area contributed by atoms with Gasteiger partial charge in [-0.25, -0.2) is 0 Å². The quantitative estimate of drug-likeness (QED) is 0.840. The van der Waals surface area contributed by atoms with Gasteiger partial charge in [-0.15, -0.1) is 0 Å². The van der Waals surface area contributed by atoms with Gasteiger partial charge in [0.05, 0.1) is 0 Å². The normalized spacial score (nSPS) is 38.9. The summed E-state index contributed by atoms with van der Waals surface area (Å²) in [7, 11) is 0. The van der Waals surface area contributed by atoms with Crippen molar-refractivity contribution in [2.75, 3.05) is 19.6 Å². The van der Waals surface area contributed by atoms with Gasteiger partial charge in [0, 0.05) is 18.6 Å². The van der Waals surface area contributed by atoms with Crippen LogP contribution in [0.2, 0.25) is 0 Å². The van der Waals surface area contributed by atoms with Gasteiger partial charge in [0.25, 0.3) is 0 Å². The second-order valence-corrected chi connectivity index (χ2v) is 8.19. The highest BCUT2D eigenvalue weighted by Gasteiger charge is 2.36. The molecular formula is C18H36N2. The molecule has 2 heteroatoms. The molecule has 20 heavy (non-hydrogen) atoms. The van der Waals surface area contributed by atoms with E-state index in [2.05, 4.69) is 44.8 Å². The van der Waals surface area contributed by atoms with Gasteiger partial charge in [0.15, 0.2) is 0 Å². The van der Waals surface area contributed by atoms with Crippen molar-refractivity contribution in [3.63, 3.8) is 0 Å². The molecule has 4 unspecified atom stereocenters. The minimum absolute atomic E-state index is 0.543. The van der Waals surface area contributed by atoms with E-state index in [0.29, 0.717) is 5.41 Å². The highest BCUT2D eigenvalue weighted by Crippen LogP contribution is 2.39. The summed E-state index contributed by atoms with van der Waals surface area (Å²) in [5, 5.41) is 3.76. The van der Waals surface area contributed by atoms with Gasteiger partial charge in [-0.05, 0) is 69.4 Å². The molecule has 0 amide bonds. The van der Waals surface area contributed by atoms with Crippen molar-refractivity contribution in [1.82, 2.24) is 10.2 Å². The molecule has 2 fully saturated rings. The monoisotopic (exact) mass is 280 g/mol. The lowest BCUT2D eigenvalue weighted by Crippen LogP contribution is -2.51.